The minimum Gasteiger partial charge on any atom is -0.493 e. The molecule has 0 saturated carbocycles. The average molecular weight is 517 g/mol. The number of amides is 2. The van der Waals surface area contributed by atoms with E-state index in [1.165, 1.54) is 49.7 Å². The number of carbonyl (C=O) groups excluding carboxylic acids is 2. The third-order valence-electron chi connectivity index (χ3n) is 5.61. The summed E-state index contributed by atoms with van der Waals surface area (Å²) in [7, 11) is -2.70. The number of anilines is 2. The first-order chi connectivity index (χ1) is 16.3. The highest BCUT2D eigenvalue weighted by Gasteiger charge is 2.49. The number of nitrogens with one attached hydrogen (secondary N) is 1. The van der Waals surface area contributed by atoms with Gasteiger partial charge in [-0.05, 0) is 46.0 Å². The van der Waals surface area contributed by atoms with Crippen molar-refractivity contribution < 1.29 is 32.7 Å². The normalized spacial score (nSPS) is 13.7. The Morgan fingerprint density at radius 1 is 0.971 bits per heavy atom. The van der Waals surface area contributed by atoms with Crippen LogP contribution in [0.15, 0.2) is 59.6 Å². The maximum atomic E-state index is 13.3. The van der Waals surface area contributed by atoms with E-state index < -0.39 is 21.8 Å². The summed E-state index contributed by atoms with van der Waals surface area (Å²) in [5, 5.41) is 10.3. The van der Waals surface area contributed by atoms with Gasteiger partial charge in [-0.15, -0.1) is 4.90 Å². The maximum absolute atomic E-state index is 13.3. The van der Waals surface area contributed by atoms with Crippen LogP contribution in [-0.2, 0) is 15.4 Å². The van der Waals surface area contributed by atoms with Crippen LogP contribution in [0, 0.1) is 0 Å². The van der Waals surface area contributed by atoms with Crippen molar-refractivity contribution in [2.24, 2.45) is 0 Å². The smallest absolute Gasteiger partial charge is 0.352 e. The zero-order valence-electron chi connectivity index (χ0n) is 19.4. The number of sulfonamides is 1. The number of ether oxygens (including phenoxy) is 1. The number of benzene rings is 2. The van der Waals surface area contributed by atoms with Gasteiger partial charge in [0.1, 0.15) is 11.1 Å². The minimum atomic E-state index is -4.10. The number of rotatable bonds is 5. The fraction of sp³-hybridized carbons (Fsp3) is 0.208. The number of fused-ring (bicyclic) bond motifs is 1. The van der Waals surface area contributed by atoms with Gasteiger partial charge in [0.25, 0.3) is 10.0 Å². The van der Waals surface area contributed by atoms with Gasteiger partial charge in [-0.3, -0.25) is 4.72 Å². The summed E-state index contributed by atoms with van der Waals surface area (Å²) in [4.78, 5) is 27.2. The van der Waals surface area contributed by atoms with E-state index in [9.17, 15) is 23.2 Å². The van der Waals surface area contributed by atoms with Gasteiger partial charge >= 0.3 is 17.6 Å². The van der Waals surface area contributed by atoms with Crippen LogP contribution in [0.5, 0.6) is 5.75 Å². The van der Waals surface area contributed by atoms with Crippen molar-refractivity contribution in [3.63, 3.8) is 0 Å². The Bertz CT molecular complexity index is 1460. The van der Waals surface area contributed by atoms with Crippen LogP contribution in [0.1, 0.15) is 47.1 Å². The van der Waals surface area contributed by atoms with Gasteiger partial charge in [-0.2, -0.15) is 0 Å². The Kier molecular flexibility index (Phi) is 5.98. The predicted molar refractivity (Wildman–Crippen MR) is 129 cm³/mol. The molecule has 35 heavy (non-hydrogen) atoms. The van der Waals surface area contributed by atoms with Crippen LogP contribution < -0.4 is 19.1 Å². The highest BCUT2D eigenvalue weighted by Crippen LogP contribution is 2.37. The molecule has 0 fully saturated rings. The predicted octanol–water partition coefficient (Wildman–Crippen LogP) is 3.77. The number of aromatic nitrogens is 1. The van der Waals surface area contributed by atoms with E-state index in [1.54, 1.807) is 12.1 Å². The zero-order chi connectivity index (χ0) is 25.7. The molecule has 182 valence electrons. The standard InChI is InChI=1S/C24H22ClN3O6S/c1-24(2,3)14-5-8-16(9-6-14)35(32,33)26-18-11-10-17(25)20-21(18)23(30)28(22(20)29)19-12-7-15(34-4)13-27(19)31/h5-13H,1-4H3,(H-,26,30,31)/p+1. The topological polar surface area (TPSA) is 117 Å². The molecule has 0 atom stereocenters. The van der Waals surface area contributed by atoms with Crippen molar-refractivity contribution in [3.8, 4) is 5.75 Å². The van der Waals surface area contributed by atoms with Gasteiger partial charge < -0.3 is 9.94 Å². The Morgan fingerprint density at radius 3 is 2.17 bits per heavy atom. The lowest BCUT2D eigenvalue weighted by atomic mass is 9.87. The first-order valence-electron chi connectivity index (χ1n) is 10.5. The van der Waals surface area contributed by atoms with Gasteiger partial charge in [0.05, 0.1) is 22.7 Å². The molecule has 0 saturated heterocycles. The molecule has 11 heteroatoms. The third-order valence-corrected chi connectivity index (χ3v) is 7.31. The number of pyridine rings is 1. The number of imide groups is 1. The summed E-state index contributed by atoms with van der Waals surface area (Å²) < 4.78 is 34.2. The molecule has 1 aliphatic heterocycles. The molecule has 0 aliphatic carbocycles. The van der Waals surface area contributed by atoms with Crippen LogP contribution in [0.2, 0.25) is 5.02 Å². The summed E-state index contributed by atoms with van der Waals surface area (Å²) in [5.74, 6) is -1.53. The number of methoxy groups -OCH3 is 1. The fourth-order valence-electron chi connectivity index (χ4n) is 3.72. The molecule has 2 amide bonds. The van der Waals surface area contributed by atoms with Crippen LogP contribution >= 0.6 is 11.6 Å². The van der Waals surface area contributed by atoms with Gasteiger partial charge in [0, 0.05) is 6.07 Å². The summed E-state index contributed by atoms with van der Waals surface area (Å²) in [6.45, 7) is 6.04. The van der Waals surface area contributed by atoms with Gasteiger partial charge in [0.2, 0.25) is 0 Å². The fourth-order valence-corrected chi connectivity index (χ4v) is 5.03. The van der Waals surface area contributed by atoms with E-state index in [-0.39, 0.29) is 43.7 Å². The largest absolute Gasteiger partial charge is 0.493 e. The molecule has 2 N–H and O–H groups in total. The molecule has 0 unspecified atom stereocenters. The van der Waals surface area contributed by atoms with Crippen molar-refractivity contribution in [3.05, 3.63) is 76.4 Å². The molecule has 0 radical (unpaired) electrons. The Hall–Kier alpha value is -3.63. The molecule has 1 aromatic heterocycles. The Morgan fingerprint density at radius 2 is 1.60 bits per heavy atom. The molecule has 0 spiro atoms. The highest BCUT2D eigenvalue weighted by molar-refractivity contribution is 7.92. The van der Waals surface area contributed by atoms with Crippen LogP contribution in [-0.4, -0.2) is 32.5 Å². The van der Waals surface area contributed by atoms with Crippen molar-refractivity contribution in [1.82, 2.24) is 0 Å². The second-order valence-electron chi connectivity index (χ2n) is 8.94. The molecule has 2 aromatic carbocycles. The monoisotopic (exact) mass is 516 g/mol. The number of halogens is 1. The zero-order valence-corrected chi connectivity index (χ0v) is 20.9. The second-order valence-corrected chi connectivity index (χ2v) is 11.0. The van der Waals surface area contributed by atoms with E-state index >= 15 is 0 Å². The van der Waals surface area contributed by atoms with Crippen LogP contribution in [0.3, 0.4) is 0 Å². The lowest BCUT2D eigenvalue weighted by Crippen LogP contribution is -2.43. The number of hydrogen-bond donors (Lipinski definition) is 2. The number of hydrogen-bond acceptors (Lipinski definition) is 6. The molecule has 9 nitrogen and oxygen atoms in total. The van der Waals surface area contributed by atoms with E-state index in [1.807, 2.05) is 20.8 Å². The minimum absolute atomic E-state index is 0.00816. The van der Waals surface area contributed by atoms with E-state index in [0.29, 0.717) is 9.63 Å². The number of nitrogens with zero attached hydrogens (tertiary/aromatic N) is 2. The SMILES string of the molecule is COc1ccc(N2C(=O)c3c(Cl)ccc(NS(=O)(=O)c4ccc(C(C)(C)C)cc4)c3C2=O)[n+](O)c1. The van der Waals surface area contributed by atoms with Gasteiger partial charge in [-0.1, -0.05) is 44.5 Å². The maximum Gasteiger partial charge on any atom is 0.352 e. The first kappa shape index (κ1) is 24.5. The number of carbonyl (C=O) groups is 2. The third kappa shape index (κ3) is 4.30. The van der Waals surface area contributed by atoms with Crippen molar-refractivity contribution in [1.29, 1.82) is 0 Å². The quantitative estimate of drug-likeness (QED) is 0.303. The molecule has 0 bridgehead atoms. The van der Waals surface area contributed by atoms with Gasteiger partial charge in [0.15, 0.2) is 11.9 Å². The first-order valence-corrected chi connectivity index (χ1v) is 12.3. The van der Waals surface area contributed by atoms with Crippen LogP contribution in [0.4, 0.5) is 11.5 Å². The summed E-state index contributed by atoms with van der Waals surface area (Å²) >= 11 is 6.22. The van der Waals surface area contributed by atoms with Crippen molar-refractivity contribution in [2.45, 2.75) is 31.1 Å². The molecule has 3 aromatic rings. The summed E-state index contributed by atoms with van der Waals surface area (Å²) in [6, 6.07) is 11.8. The lowest BCUT2D eigenvalue weighted by molar-refractivity contribution is -0.894. The molecule has 4 rings (SSSR count). The van der Waals surface area contributed by atoms with E-state index in [4.69, 9.17) is 16.3 Å². The van der Waals surface area contributed by atoms with Crippen molar-refractivity contribution in [2.75, 3.05) is 16.7 Å². The second kappa shape index (κ2) is 8.54. The van der Waals surface area contributed by atoms with Crippen LogP contribution in [0.25, 0.3) is 0 Å². The summed E-state index contributed by atoms with van der Waals surface area (Å²) in [5.41, 5.74) is 0.303. The highest BCUT2D eigenvalue weighted by atomic mass is 35.5. The Labute approximate surface area is 207 Å². The average Bonchev–Trinajstić information content (AvgIpc) is 3.06. The molecular weight excluding hydrogens is 494 g/mol. The lowest BCUT2D eigenvalue weighted by Gasteiger charge is -2.19. The van der Waals surface area contributed by atoms with E-state index in [0.717, 1.165) is 5.56 Å². The summed E-state index contributed by atoms with van der Waals surface area (Å²) in [6.07, 6.45) is 1.17. The van der Waals surface area contributed by atoms with E-state index in [2.05, 4.69) is 4.72 Å². The molecule has 2 heterocycles. The Balaban J connectivity index is 1.74. The molecule has 1 aliphatic rings. The van der Waals surface area contributed by atoms with Crippen molar-refractivity contribution >= 4 is 44.9 Å². The van der Waals surface area contributed by atoms with Gasteiger partial charge in [-0.25, -0.2) is 18.0 Å². The molecular formula is C24H23ClN3O6S+.